The molecular formula is C12H18O3. The minimum absolute atomic E-state index is 0.303. The van der Waals surface area contributed by atoms with Crippen LogP contribution in [0, 0.1) is 0 Å². The molecule has 0 aliphatic heterocycles. The van der Waals surface area contributed by atoms with Crippen LogP contribution in [-0.4, -0.2) is 24.9 Å². The van der Waals surface area contributed by atoms with Crippen molar-refractivity contribution in [3.63, 3.8) is 0 Å². The minimum atomic E-state index is -0.303. The fraction of sp³-hybridized carbons (Fsp3) is 0.500. The van der Waals surface area contributed by atoms with Gasteiger partial charge in [0.15, 0.2) is 0 Å². The van der Waals surface area contributed by atoms with Gasteiger partial charge in [0.1, 0.15) is 5.75 Å². The summed E-state index contributed by atoms with van der Waals surface area (Å²) in [6.45, 7) is 2.85. The molecular weight excluding hydrogens is 192 g/mol. The zero-order valence-electron chi connectivity index (χ0n) is 9.27. The van der Waals surface area contributed by atoms with E-state index in [0.29, 0.717) is 19.6 Å². The van der Waals surface area contributed by atoms with Crippen LogP contribution in [0.4, 0.5) is 0 Å². The first-order valence-corrected chi connectivity index (χ1v) is 5.11. The highest BCUT2D eigenvalue weighted by Gasteiger charge is 2.01. The van der Waals surface area contributed by atoms with Crippen molar-refractivity contribution in [3.05, 3.63) is 29.8 Å². The molecule has 15 heavy (non-hydrogen) atoms. The van der Waals surface area contributed by atoms with Crippen molar-refractivity contribution in [1.29, 1.82) is 0 Å². The highest BCUT2D eigenvalue weighted by atomic mass is 16.5. The van der Waals surface area contributed by atoms with Crippen LogP contribution in [0.2, 0.25) is 0 Å². The molecule has 0 spiro atoms. The van der Waals surface area contributed by atoms with Gasteiger partial charge in [-0.15, -0.1) is 0 Å². The summed E-state index contributed by atoms with van der Waals surface area (Å²) in [7, 11) is 1.65. The number of methoxy groups -OCH3 is 1. The van der Waals surface area contributed by atoms with Crippen LogP contribution in [0.1, 0.15) is 18.9 Å². The Morgan fingerprint density at radius 3 is 2.73 bits per heavy atom. The fourth-order valence-electron chi connectivity index (χ4n) is 1.26. The molecule has 0 fully saturated rings. The standard InChI is InChI=1S/C12H18O3/c1-10(13)7-8-15-9-11-5-3-4-6-12(11)14-2/h3-6,10,13H,7-9H2,1-2H3. The molecule has 0 aliphatic rings. The Balaban J connectivity index is 2.36. The Morgan fingerprint density at radius 1 is 1.33 bits per heavy atom. The van der Waals surface area contributed by atoms with Gasteiger partial charge in [0.2, 0.25) is 0 Å². The van der Waals surface area contributed by atoms with Crippen LogP contribution < -0.4 is 4.74 Å². The van der Waals surface area contributed by atoms with E-state index in [-0.39, 0.29) is 6.10 Å². The SMILES string of the molecule is COc1ccccc1COCCC(C)O. The van der Waals surface area contributed by atoms with Crippen LogP contribution in [0.15, 0.2) is 24.3 Å². The normalized spacial score (nSPS) is 12.5. The van der Waals surface area contributed by atoms with E-state index in [2.05, 4.69) is 0 Å². The summed E-state index contributed by atoms with van der Waals surface area (Å²) < 4.78 is 10.6. The first-order chi connectivity index (χ1) is 7.24. The fourth-order valence-corrected chi connectivity index (χ4v) is 1.26. The van der Waals surface area contributed by atoms with Gasteiger partial charge in [-0.3, -0.25) is 0 Å². The molecule has 1 unspecified atom stereocenters. The Bertz CT molecular complexity index is 284. The largest absolute Gasteiger partial charge is 0.496 e. The van der Waals surface area contributed by atoms with Crippen molar-refractivity contribution >= 4 is 0 Å². The second-order valence-electron chi connectivity index (χ2n) is 3.50. The van der Waals surface area contributed by atoms with Gasteiger partial charge in [-0.2, -0.15) is 0 Å². The summed E-state index contributed by atoms with van der Waals surface area (Å²) in [6, 6.07) is 7.77. The molecule has 1 N–H and O–H groups in total. The first-order valence-electron chi connectivity index (χ1n) is 5.11. The van der Waals surface area contributed by atoms with E-state index in [0.717, 1.165) is 11.3 Å². The Kier molecular flexibility index (Phi) is 5.15. The van der Waals surface area contributed by atoms with E-state index in [9.17, 15) is 0 Å². The van der Waals surface area contributed by atoms with Crippen molar-refractivity contribution in [2.24, 2.45) is 0 Å². The number of hydrogen-bond donors (Lipinski definition) is 1. The van der Waals surface area contributed by atoms with Crippen LogP contribution in [-0.2, 0) is 11.3 Å². The average molecular weight is 210 g/mol. The molecule has 84 valence electrons. The molecule has 0 amide bonds. The van der Waals surface area contributed by atoms with Gasteiger partial charge >= 0.3 is 0 Å². The van der Waals surface area contributed by atoms with Crippen molar-refractivity contribution < 1.29 is 14.6 Å². The molecule has 3 nitrogen and oxygen atoms in total. The Labute approximate surface area is 90.6 Å². The van der Waals surface area contributed by atoms with Gasteiger partial charge in [0, 0.05) is 12.2 Å². The molecule has 0 saturated heterocycles. The maximum atomic E-state index is 9.05. The Hall–Kier alpha value is -1.06. The smallest absolute Gasteiger partial charge is 0.124 e. The van der Waals surface area contributed by atoms with Crippen LogP contribution >= 0.6 is 0 Å². The summed E-state index contributed by atoms with van der Waals surface area (Å²) in [5.74, 6) is 0.842. The lowest BCUT2D eigenvalue weighted by Crippen LogP contribution is -2.06. The van der Waals surface area contributed by atoms with Crippen LogP contribution in [0.5, 0.6) is 5.75 Å². The molecule has 0 heterocycles. The Morgan fingerprint density at radius 2 is 2.07 bits per heavy atom. The molecule has 0 saturated carbocycles. The maximum Gasteiger partial charge on any atom is 0.124 e. The van der Waals surface area contributed by atoms with Crippen molar-refractivity contribution in [1.82, 2.24) is 0 Å². The molecule has 1 aromatic rings. The third-order valence-corrected chi connectivity index (χ3v) is 2.13. The van der Waals surface area contributed by atoms with Gasteiger partial charge in [0.05, 0.1) is 19.8 Å². The zero-order chi connectivity index (χ0) is 11.1. The maximum absolute atomic E-state index is 9.05. The third-order valence-electron chi connectivity index (χ3n) is 2.13. The minimum Gasteiger partial charge on any atom is -0.496 e. The number of benzene rings is 1. The van der Waals surface area contributed by atoms with Gasteiger partial charge < -0.3 is 14.6 Å². The zero-order valence-corrected chi connectivity index (χ0v) is 9.27. The molecule has 3 heteroatoms. The summed E-state index contributed by atoms with van der Waals surface area (Å²) in [4.78, 5) is 0. The van der Waals surface area contributed by atoms with E-state index in [1.54, 1.807) is 14.0 Å². The second-order valence-corrected chi connectivity index (χ2v) is 3.50. The molecule has 0 bridgehead atoms. The number of aliphatic hydroxyl groups excluding tert-OH is 1. The van der Waals surface area contributed by atoms with Gasteiger partial charge in [-0.1, -0.05) is 18.2 Å². The first kappa shape index (κ1) is 12.0. The van der Waals surface area contributed by atoms with E-state index in [4.69, 9.17) is 14.6 Å². The molecule has 0 radical (unpaired) electrons. The number of ether oxygens (including phenoxy) is 2. The van der Waals surface area contributed by atoms with E-state index in [1.165, 1.54) is 0 Å². The summed E-state index contributed by atoms with van der Waals surface area (Å²) in [5.41, 5.74) is 1.03. The summed E-state index contributed by atoms with van der Waals surface area (Å²) in [5, 5.41) is 9.05. The van der Waals surface area contributed by atoms with Crippen molar-refractivity contribution in [2.45, 2.75) is 26.1 Å². The lowest BCUT2D eigenvalue weighted by atomic mass is 10.2. The quantitative estimate of drug-likeness (QED) is 0.730. The van der Waals surface area contributed by atoms with Gasteiger partial charge in [0.25, 0.3) is 0 Å². The van der Waals surface area contributed by atoms with Crippen molar-refractivity contribution in [3.8, 4) is 5.75 Å². The molecule has 1 rings (SSSR count). The molecule has 0 aromatic heterocycles. The summed E-state index contributed by atoms with van der Waals surface area (Å²) >= 11 is 0. The highest BCUT2D eigenvalue weighted by Crippen LogP contribution is 2.17. The van der Waals surface area contributed by atoms with Crippen LogP contribution in [0.3, 0.4) is 0 Å². The molecule has 0 aliphatic carbocycles. The topological polar surface area (TPSA) is 38.7 Å². The number of aliphatic hydroxyl groups is 1. The molecule has 1 aromatic carbocycles. The lowest BCUT2D eigenvalue weighted by molar-refractivity contribution is 0.0791. The molecule has 1 atom stereocenters. The van der Waals surface area contributed by atoms with E-state index >= 15 is 0 Å². The second kappa shape index (κ2) is 6.43. The number of para-hydroxylation sites is 1. The van der Waals surface area contributed by atoms with E-state index < -0.39 is 0 Å². The highest BCUT2D eigenvalue weighted by molar-refractivity contribution is 5.32. The predicted molar refractivity (Wildman–Crippen MR) is 58.9 cm³/mol. The summed E-state index contributed by atoms with van der Waals surface area (Å²) in [6.07, 6.45) is 0.359. The van der Waals surface area contributed by atoms with Crippen LogP contribution in [0.25, 0.3) is 0 Å². The predicted octanol–water partition coefficient (Wildman–Crippen LogP) is 1.98. The number of rotatable bonds is 6. The van der Waals surface area contributed by atoms with Gasteiger partial charge in [-0.25, -0.2) is 0 Å². The third kappa shape index (κ3) is 4.32. The average Bonchev–Trinajstić information content (AvgIpc) is 2.24. The van der Waals surface area contributed by atoms with Crippen molar-refractivity contribution in [2.75, 3.05) is 13.7 Å². The number of hydrogen-bond acceptors (Lipinski definition) is 3. The monoisotopic (exact) mass is 210 g/mol. The van der Waals surface area contributed by atoms with E-state index in [1.807, 2.05) is 24.3 Å². The van der Waals surface area contributed by atoms with Gasteiger partial charge in [-0.05, 0) is 19.4 Å². The lowest BCUT2D eigenvalue weighted by Gasteiger charge is -2.09.